The molecular formula is C16H25NO4. The van der Waals surface area contributed by atoms with Crippen LogP contribution in [0.5, 0.6) is 5.75 Å². The van der Waals surface area contributed by atoms with Crippen LogP contribution in [0.25, 0.3) is 0 Å². The second kappa shape index (κ2) is 8.64. The van der Waals surface area contributed by atoms with Crippen LogP contribution in [-0.2, 0) is 4.79 Å². The molecule has 2 unspecified atom stereocenters. The summed E-state index contributed by atoms with van der Waals surface area (Å²) in [5.41, 5.74) is 1.73. The first-order valence-corrected chi connectivity index (χ1v) is 7.27. The minimum absolute atomic E-state index is 0.0354. The highest BCUT2D eigenvalue weighted by Crippen LogP contribution is 2.26. The first-order chi connectivity index (χ1) is 9.99. The van der Waals surface area contributed by atoms with E-state index < -0.39 is 12.1 Å². The average molecular weight is 295 g/mol. The molecule has 0 heterocycles. The third kappa shape index (κ3) is 5.36. The van der Waals surface area contributed by atoms with Gasteiger partial charge in [0, 0.05) is 12.5 Å². The quantitative estimate of drug-likeness (QED) is 0.651. The van der Waals surface area contributed by atoms with Crippen molar-refractivity contribution < 1.29 is 19.7 Å². The molecule has 1 rings (SSSR count). The van der Waals surface area contributed by atoms with E-state index in [4.69, 9.17) is 9.84 Å². The summed E-state index contributed by atoms with van der Waals surface area (Å²) in [7, 11) is 1.60. The van der Waals surface area contributed by atoms with Crippen molar-refractivity contribution in [3.05, 3.63) is 29.3 Å². The number of ether oxygens (including phenoxy) is 1. The van der Waals surface area contributed by atoms with Crippen LogP contribution < -0.4 is 10.1 Å². The topological polar surface area (TPSA) is 78.8 Å². The predicted molar refractivity (Wildman–Crippen MR) is 81.6 cm³/mol. The maximum Gasteiger partial charge on any atom is 0.303 e. The van der Waals surface area contributed by atoms with E-state index in [1.165, 1.54) is 0 Å². The van der Waals surface area contributed by atoms with Gasteiger partial charge in [-0.25, -0.2) is 0 Å². The summed E-state index contributed by atoms with van der Waals surface area (Å²) in [5.74, 6) is -0.107. The van der Waals surface area contributed by atoms with Crippen LogP contribution in [0.2, 0.25) is 0 Å². The minimum atomic E-state index is -0.850. The fourth-order valence-corrected chi connectivity index (χ4v) is 2.30. The van der Waals surface area contributed by atoms with Gasteiger partial charge in [-0.15, -0.1) is 0 Å². The van der Waals surface area contributed by atoms with Gasteiger partial charge in [0.1, 0.15) is 5.75 Å². The standard InChI is InChI=1S/C16H25NO4/c1-4-9-17-14(7-8-15(18)19)16(20)13-6-5-12(21-3)10-11(13)2/h5-6,10,14,16-17,20H,4,7-9H2,1-3H3,(H,18,19). The van der Waals surface area contributed by atoms with E-state index in [1.807, 2.05) is 26.0 Å². The fraction of sp³-hybridized carbons (Fsp3) is 0.562. The van der Waals surface area contributed by atoms with Crippen LogP contribution in [0.3, 0.4) is 0 Å². The van der Waals surface area contributed by atoms with Crippen molar-refractivity contribution in [3.63, 3.8) is 0 Å². The fourth-order valence-electron chi connectivity index (χ4n) is 2.30. The van der Waals surface area contributed by atoms with Gasteiger partial charge in [0.25, 0.3) is 0 Å². The molecule has 0 aromatic heterocycles. The Hall–Kier alpha value is -1.59. The highest BCUT2D eigenvalue weighted by molar-refractivity contribution is 5.66. The minimum Gasteiger partial charge on any atom is -0.497 e. The summed E-state index contributed by atoms with van der Waals surface area (Å²) in [6.45, 7) is 4.69. The van der Waals surface area contributed by atoms with Crippen LogP contribution in [0.4, 0.5) is 0 Å². The molecule has 5 nitrogen and oxygen atoms in total. The van der Waals surface area contributed by atoms with Crippen LogP contribution in [-0.4, -0.2) is 35.9 Å². The Morgan fingerprint density at radius 1 is 1.43 bits per heavy atom. The summed E-state index contributed by atoms with van der Waals surface area (Å²) in [6, 6.07) is 5.24. The largest absolute Gasteiger partial charge is 0.497 e. The molecule has 0 spiro atoms. The Kier molecular flexibility index (Phi) is 7.19. The van der Waals surface area contributed by atoms with Crippen LogP contribution in [0.15, 0.2) is 18.2 Å². The summed E-state index contributed by atoms with van der Waals surface area (Å²) >= 11 is 0. The molecule has 0 saturated heterocycles. The van der Waals surface area contributed by atoms with Gasteiger partial charge in [-0.2, -0.15) is 0 Å². The van der Waals surface area contributed by atoms with Gasteiger partial charge in [0.15, 0.2) is 0 Å². The Labute approximate surface area is 125 Å². The van der Waals surface area contributed by atoms with Gasteiger partial charge in [-0.1, -0.05) is 13.0 Å². The van der Waals surface area contributed by atoms with E-state index in [0.717, 1.165) is 29.8 Å². The number of carbonyl (C=O) groups is 1. The number of carboxylic acid groups (broad SMARTS) is 1. The summed E-state index contributed by atoms with van der Waals surface area (Å²) < 4.78 is 5.16. The summed E-state index contributed by atoms with van der Waals surface area (Å²) in [4.78, 5) is 10.8. The van der Waals surface area contributed by atoms with E-state index in [2.05, 4.69) is 5.32 Å². The van der Waals surface area contributed by atoms with Crippen molar-refractivity contribution >= 4 is 5.97 Å². The average Bonchev–Trinajstić information content (AvgIpc) is 2.46. The number of methoxy groups -OCH3 is 1. The lowest BCUT2D eigenvalue weighted by atomic mass is 9.94. The molecule has 0 aliphatic rings. The second-order valence-corrected chi connectivity index (χ2v) is 5.16. The molecule has 0 aliphatic heterocycles. The van der Waals surface area contributed by atoms with Crippen LogP contribution in [0.1, 0.15) is 43.4 Å². The molecule has 0 radical (unpaired) electrons. The molecule has 0 aliphatic carbocycles. The summed E-state index contributed by atoms with van der Waals surface area (Å²) in [5, 5.41) is 22.6. The molecule has 0 bridgehead atoms. The van der Waals surface area contributed by atoms with Gasteiger partial charge in [0.05, 0.1) is 13.2 Å². The zero-order valence-electron chi connectivity index (χ0n) is 12.9. The van der Waals surface area contributed by atoms with Gasteiger partial charge < -0.3 is 20.3 Å². The molecule has 1 aromatic carbocycles. The summed E-state index contributed by atoms with van der Waals surface area (Å²) in [6.07, 6.45) is 0.620. The Morgan fingerprint density at radius 3 is 2.67 bits per heavy atom. The molecule has 2 atom stereocenters. The molecule has 118 valence electrons. The Balaban J connectivity index is 2.86. The van der Waals surface area contributed by atoms with Crippen LogP contribution in [0, 0.1) is 6.92 Å². The predicted octanol–water partition coefficient (Wildman–Crippen LogP) is 2.27. The number of carboxylic acids is 1. The third-order valence-electron chi connectivity index (χ3n) is 3.50. The van der Waals surface area contributed by atoms with Crippen molar-refractivity contribution in [2.45, 2.75) is 45.3 Å². The molecular weight excluding hydrogens is 270 g/mol. The Bertz CT molecular complexity index is 462. The van der Waals surface area contributed by atoms with Crippen molar-refractivity contribution in [2.24, 2.45) is 0 Å². The van der Waals surface area contributed by atoms with Crippen molar-refractivity contribution in [1.29, 1.82) is 0 Å². The van der Waals surface area contributed by atoms with Crippen molar-refractivity contribution in [3.8, 4) is 5.75 Å². The van der Waals surface area contributed by atoms with E-state index in [0.29, 0.717) is 6.42 Å². The highest BCUT2D eigenvalue weighted by Gasteiger charge is 2.22. The maximum atomic E-state index is 10.8. The lowest BCUT2D eigenvalue weighted by Gasteiger charge is -2.25. The van der Waals surface area contributed by atoms with E-state index in [-0.39, 0.29) is 12.5 Å². The molecule has 1 aromatic rings. The smallest absolute Gasteiger partial charge is 0.303 e. The number of aliphatic hydroxyl groups is 1. The van der Waals surface area contributed by atoms with E-state index in [1.54, 1.807) is 13.2 Å². The molecule has 0 amide bonds. The van der Waals surface area contributed by atoms with Crippen molar-refractivity contribution in [1.82, 2.24) is 5.32 Å². The lowest BCUT2D eigenvalue weighted by Crippen LogP contribution is -2.36. The Morgan fingerprint density at radius 2 is 2.14 bits per heavy atom. The number of rotatable bonds is 9. The number of aryl methyl sites for hydroxylation is 1. The molecule has 3 N–H and O–H groups in total. The number of aliphatic hydroxyl groups excluding tert-OH is 1. The monoisotopic (exact) mass is 295 g/mol. The van der Waals surface area contributed by atoms with Gasteiger partial charge in [0.2, 0.25) is 0 Å². The number of aliphatic carboxylic acids is 1. The molecule has 5 heteroatoms. The zero-order valence-corrected chi connectivity index (χ0v) is 12.9. The van der Waals surface area contributed by atoms with Crippen molar-refractivity contribution in [2.75, 3.05) is 13.7 Å². The number of hydrogen-bond acceptors (Lipinski definition) is 4. The normalized spacial score (nSPS) is 13.7. The molecule has 0 fully saturated rings. The maximum absolute atomic E-state index is 10.8. The van der Waals surface area contributed by atoms with Crippen LogP contribution >= 0.6 is 0 Å². The van der Waals surface area contributed by atoms with Gasteiger partial charge in [-0.3, -0.25) is 4.79 Å². The molecule has 0 saturated carbocycles. The number of benzene rings is 1. The van der Waals surface area contributed by atoms with E-state index >= 15 is 0 Å². The third-order valence-corrected chi connectivity index (χ3v) is 3.50. The number of hydrogen-bond donors (Lipinski definition) is 3. The van der Waals surface area contributed by atoms with E-state index in [9.17, 15) is 9.90 Å². The highest BCUT2D eigenvalue weighted by atomic mass is 16.5. The SMILES string of the molecule is CCCNC(CCC(=O)O)C(O)c1ccc(OC)cc1C. The lowest BCUT2D eigenvalue weighted by molar-refractivity contribution is -0.137. The zero-order chi connectivity index (χ0) is 15.8. The second-order valence-electron chi connectivity index (χ2n) is 5.16. The number of nitrogens with one attached hydrogen (secondary N) is 1. The first-order valence-electron chi connectivity index (χ1n) is 7.27. The van der Waals surface area contributed by atoms with Gasteiger partial charge >= 0.3 is 5.97 Å². The first kappa shape index (κ1) is 17.5. The van der Waals surface area contributed by atoms with Gasteiger partial charge in [-0.05, 0) is 49.6 Å². The molecule has 21 heavy (non-hydrogen) atoms.